The van der Waals surface area contributed by atoms with E-state index in [0.29, 0.717) is 25.0 Å². The molecule has 8 nitrogen and oxygen atoms in total. The van der Waals surface area contributed by atoms with E-state index in [1.54, 1.807) is 0 Å². The Labute approximate surface area is 255 Å². The predicted molar refractivity (Wildman–Crippen MR) is 165 cm³/mol. The molecule has 6 atom stereocenters. The van der Waals surface area contributed by atoms with E-state index in [2.05, 4.69) is 43.1 Å². The fourth-order valence-corrected chi connectivity index (χ4v) is 9.33. The molecule has 234 valence electrons. The number of para-hydroxylation sites is 1. The van der Waals surface area contributed by atoms with Gasteiger partial charge in [-0.3, -0.25) is 14.5 Å². The van der Waals surface area contributed by atoms with Crippen molar-refractivity contribution in [3.05, 3.63) is 47.2 Å². The van der Waals surface area contributed by atoms with Crippen LogP contribution in [0.1, 0.15) is 78.5 Å². The number of aromatic amines is 1. The number of morpholine rings is 1. The number of rotatable bonds is 2. The molecule has 1 spiro atoms. The number of ketones is 1. The standard InChI is InChI=1S/C27H31NO3.C6H11NO3.C2H6/c1-24(2)23-21(29)14-19-18-10-9-15-13-17-16-7-5-6-8-20(16)28-22(17)26(15,4)25(18,3)11-12-27(19,30-23)31-24;8-6(9)5-7-1-3-10-4-2-7;1-2/h5-8,14-15,18,23,28H,9-13H2,1-4H3;1-5H2,(H,8,9);1-2H3/t15?,18?,23?,25?,26-,27?;;/m1../s1. The predicted octanol–water partition coefficient (Wildman–Crippen LogP) is 5.64. The maximum atomic E-state index is 13.0. The number of benzene rings is 1. The van der Waals surface area contributed by atoms with Crippen LogP contribution in [-0.2, 0) is 35.6 Å². The number of carbonyl (C=O) groups excluding carboxylic acids is 1. The Morgan fingerprint density at radius 3 is 2.51 bits per heavy atom. The molecule has 5 unspecified atom stereocenters. The number of carbonyl (C=O) groups is 2. The largest absolute Gasteiger partial charge is 0.480 e. The number of ether oxygens (including phenoxy) is 3. The van der Waals surface area contributed by atoms with Crippen LogP contribution < -0.4 is 0 Å². The van der Waals surface area contributed by atoms with Gasteiger partial charge in [0.15, 0.2) is 17.7 Å². The SMILES string of the molecule is CC.CC1(C)OC23CCC4(C)C(CCC5Cc6c([nH]c7ccccc67)[C@@]54C)C2=CC(=O)C1O3.O=C(O)CN1CCOCC1. The van der Waals surface area contributed by atoms with E-state index < -0.39 is 23.5 Å². The van der Waals surface area contributed by atoms with Crippen molar-refractivity contribution in [2.24, 2.45) is 17.3 Å². The topological polar surface area (TPSA) is 101 Å². The molecule has 3 aliphatic carbocycles. The highest BCUT2D eigenvalue weighted by Gasteiger charge is 2.69. The van der Waals surface area contributed by atoms with Crippen molar-refractivity contribution in [2.75, 3.05) is 32.8 Å². The lowest BCUT2D eigenvalue weighted by Gasteiger charge is -2.61. The van der Waals surface area contributed by atoms with Crippen LogP contribution in [0.15, 0.2) is 35.9 Å². The van der Waals surface area contributed by atoms with Crippen molar-refractivity contribution in [3.8, 4) is 0 Å². The minimum Gasteiger partial charge on any atom is -0.480 e. The Kier molecular flexibility index (Phi) is 7.68. The van der Waals surface area contributed by atoms with E-state index in [1.807, 2.05) is 38.7 Å². The van der Waals surface area contributed by atoms with E-state index >= 15 is 0 Å². The van der Waals surface area contributed by atoms with Gasteiger partial charge in [-0.25, -0.2) is 0 Å². The number of aliphatic carboxylic acids is 1. The first kappa shape index (κ1) is 30.5. The highest BCUT2D eigenvalue weighted by Crippen LogP contribution is 2.70. The molecule has 1 aromatic heterocycles. The van der Waals surface area contributed by atoms with Gasteiger partial charge >= 0.3 is 5.97 Å². The number of nitrogens with one attached hydrogen (secondary N) is 1. The molecule has 4 fully saturated rings. The van der Waals surface area contributed by atoms with Crippen molar-refractivity contribution in [3.63, 3.8) is 0 Å². The normalized spacial score (nSPS) is 37.0. The van der Waals surface area contributed by atoms with Crippen LogP contribution in [0.2, 0.25) is 0 Å². The van der Waals surface area contributed by atoms with Crippen LogP contribution in [0, 0.1) is 17.3 Å². The Bertz CT molecular complexity index is 1440. The molecule has 8 heteroatoms. The molecular weight excluding hydrogens is 544 g/mol. The van der Waals surface area contributed by atoms with E-state index in [0.717, 1.165) is 44.3 Å². The Balaban J connectivity index is 0.000000234. The molecule has 4 heterocycles. The summed E-state index contributed by atoms with van der Waals surface area (Å²) in [7, 11) is 0. The summed E-state index contributed by atoms with van der Waals surface area (Å²) < 4.78 is 18.0. The van der Waals surface area contributed by atoms with Crippen LogP contribution in [0.3, 0.4) is 0 Å². The minimum absolute atomic E-state index is 0.0563. The van der Waals surface area contributed by atoms with Crippen LogP contribution in [0.4, 0.5) is 0 Å². The highest BCUT2D eigenvalue weighted by atomic mass is 16.8. The summed E-state index contributed by atoms with van der Waals surface area (Å²) in [6.07, 6.45) is 6.78. The molecule has 2 aromatic rings. The Hall–Kier alpha value is -2.52. The molecule has 1 aromatic carbocycles. The summed E-state index contributed by atoms with van der Waals surface area (Å²) in [4.78, 5) is 28.9. The third kappa shape index (κ3) is 4.54. The van der Waals surface area contributed by atoms with Gasteiger partial charge in [0, 0.05) is 41.5 Å². The first-order chi connectivity index (χ1) is 20.5. The second-order valence-corrected chi connectivity index (χ2v) is 13.9. The summed E-state index contributed by atoms with van der Waals surface area (Å²) in [6.45, 7) is 15.9. The third-order valence-corrected chi connectivity index (χ3v) is 11.5. The summed E-state index contributed by atoms with van der Waals surface area (Å²) >= 11 is 0. The van der Waals surface area contributed by atoms with Crippen molar-refractivity contribution in [2.45, 2.75) is 96.6 Å². The van der Waals surface area contributed by atoms with Gasteiger partial charge in [0.05, 0.1) is 19.8 Å². The fraction of sp³-hybridized carbons (Fsp3) is 0.657. The van der Waals surface area contributed by atoms with Gasteiger partial charge in [0.1, 0.15) is 5.60 Å². The number of carboxylic acid groups (broad SMARTS) is 1. The summed E-state index contributed by atoms with van der Waals surface area (Å²) in [5.74, 6) is -0.428. The molecule has 8 rings (SSSR count). The van der Waals surface area contributed by atoms with Crippen LogP contribution >= 0.6 is 0 Å². The lowest BCUT2D eigenvalue weighted by molar-refractivity contribution is -0.205. The smallest absolute Gasteiger partial charge is 0.317 e. The number of nitrogens with zero attached hydrogens (tertiary/aromatic N) is 1. The molecule has 2 N–H and O–H groups in total. The monoisotopic (exact) mass is 592 g/mol. The quantitative estimate of drug-likeness (QED) is 0.466. The average molecular weight is 593 g/mol. The molecule has 6 aliphatic rings. The number of H-pyrrole nitrogens is 1. The van der Waals surface area contributed by atoms with Gasteiger partial charge in [-0.1, -0.05) is 45.9 Å². The highest BCUT2D eigenvalue weighted by molar-refractivity contribution is 5.97. The number of hydrogen-bond acceptors (Lipinski definition) is 6. The zero-order valence-electron chi connectivity index (χ0n) is 26.6. The van der Waals surface area contributed by atoms with Crippen LogP contribution in [-0.4, -0.2) is 77.1 Å². The van der Waals surface area contributed by atoms with Crippen LogP contribution in [0.25, 0.3) is 10.9 Å². The average Bonchev–Trinajstić information content (AvgIpc) is 3.57. The maximum absolute atomic E-state index is 13.0. The number of aromatic nitrogens is 1. The molecule has 0 amide bonds. The maximum Gasteiger partial charge on any atom is 0.317 e. The van der Waals surface area contributed by atoms with Gasteiger partial charge in [-0.15, -0.1) is 0 Å². The first-order valence-corrected chi connectivity index (χ1v) is 16.2. The number of fused-ring (bicyclic) bond motifs is 9. The second-order valence-electron chi connectivity index (χ2n) is 13.9. The second kappa shape index (κ2) is 10.8. The number of hydrogen-bond donors (Lipinski definition) is 2. The summed E-state index contributed by atoms with van der Waals surface area (Å²) in [5.41, 5.74) is 4.89. The summed E-state index contributed by atoms with van der Waals surface area (Å²) in [5, 5.41) is 9.77. The lowest BCUT2D eigenvalue weighted by atomic mass is 9.44. The molecule has 2 bridgehead atoms. The van der Waals surface area contributed by atoms with E-state index in [1.165, 1.54) is 28.6 Å². The van der Waals surface area contributed by atoms with Gasteiger partial charge in [-0.2, -0.15) is 0 Å². The van der Waals surface area contributed by atoms with Crippen LogP contribution in [0.5, 0.6) is 0 Å². The molecular formula is C35H48N2O6. The molecule has 2 saturated heterocycles. The van der Waals surface area contributed by atoms with E-state index in [4.69, 9.17) is 19.3 Å². The van der Waals surface area contributed by atoms with Crippen molar-refractivity contribution in [1.82, 2.24) is 9.88 Å². The summed E-state index contributed by atoms with van der Waals surface area (Å²) in [6, 6.07) is 8.75. The molecule has 3 aliphatic heterocycles. The fourth-order valence-electron chi connectivity index (χ4n) is 9.33. The van der Waals surface area contributed by atoms with Crippen molar-refractivity contribution < 1.29 is 28.9 Å². The van der Waals surface area contributed by atoms with Gasteiger partial charge in [0.2, 0.25) is 0 Å². The van der Waals surface area contributed by atoms with Gasteiger partial charge in [-0.05, 0) is 80.1 Å². The molecule has 43 heavy (non-hydrogen) atoms. The first-order valence-electron chi connectivity index (χ1n) is 16.2. The van der Waals surface area contributed by atoms with E-state index in [-0.39, 0.29) is 23.2 Å². The minimum atomic E-state index is -0.762. The zero-order chi connectivity index (χ0) is 30.8. The third-order valence-electron chi connectivity index (χ3n) is 11.5. The van der Waals surface area contributed by atoms with Crippen molar-refractivity contribution >= 4 is 22.7 Å². The van der Waals surface area contributed by atoms with E-state index in [9.17, 15) is 9.59 Å². The molecule has 2 saturated carbocycles. The molecule has 0 radical (unpaired) electrons. The Morgan fingerprint density at radius 1 is 1.07 bits per heavy atom. The zero-order valence-corrected chi connectivity index (χ0v) is 26.6. The van der Waals surface area contributed by atoms with Gasteiger partial charge in [0.25, 0.3) is 0 Å². The number of carboxylic acids is 1. The Morgan fingerprint density at radius 2 is 1.79 bits per heavy atom. The van der Waals surface area contributed by atoms with Gasteiger partial charge < -0.3 is 24.3 Å². The lowest BCUT2D eigenvalue weighted by Crippen LogP contribution is -2.60. The van der Waals surface area contributed by atoms with Crippen molar-refractivity contribution in [1.29, 1.82) is 0 Å².